The number of amides is 1. The Hall–Kier alpha value is -1.62. The maximum absolute atomic E-state index is 13.0. The standard InChI is InChI=1S/C15H21FN2O2/c1-2-18(12-6-4-11(17)5-7-12)15(20)13-8-3-10(16)9-14(13)19/h3,8-9,11-12,19H,2,4-7,17H2,1H3. The van der Waals surface area contributed by atoms with Crippen LogP contribution in [0.5, 0.6) is 5.75 Å². The Morgan fingerprint density at radius 2 is 2.05 bits per heavy atom. The summed E-state index contributed by atoms with van der Waals surface area (Å²) in [7, 11) is 0. The predicted octanol–water partition coefficient (Wildman–Crippen LogP) is 2.26. The van der Waals surface area contributed by atoms with Crippen molar-refractivity contribution in [1.82, 2.24) is 4.90 Å². The summed E-state index contributed by atoms with van der Waals surface area (Å²) in [4.78, 5) is 14.2. The van der Waals surface area contributed by atoms with Crippen molar-refractivity contribution in [3.63, 3.8) is 0 Å². The molecule has 3 N–H and O–H groups in total. The number of rotatable bonds is 3. The summed E-state index contributed by atoms with van der Waals surface area (Å²) < 4.78 is 13.0. The fraction of sp³-hybridized carbons (Fsp3) is 0.533. The first-order valence-corrected chi connectivity index (χ1v) is 7.08. The lowest BCUT2D eigenvalue weighted by atomic mass is 9.90. The normalized spacial score (nSPS) is 22.6. The zero-order valence-corrected chi connectivity index (χ0v) is 11.7. The van der Waals surface area contributed by atoms with Crippen molar-refractivity contribution in [3.8, 4) is 5.75 Å². The highest BCUT2D eigenvalue weighted by Crippen LogP contribution is 2.26. The van der Waals surface area contributed by atoms with Gasteiger partial charge in [-0.3, -0.25) is 4.79 Å². The molecule has 5 heteroatoms. The fourth-order valence-corrected chi connectivity index (χ4v) is 2.82. The molecule has 1 aliphatic carbocycles. The highest BCUT2D eigenvalue weighted by Gasteiger charge is 2.28. The molecule has 1 aromatic rings. The van der Waals surface area contributed by atoms with Crippen LogP contribution in [0.25, 0.3) is 0 Å². The molecule has 0 heterocycles. The number of carbonyl (C=O) groups is 1. The van der Waals surface area contributed by atoms with E-state index in [0.29, 0.717) is 6.54 Å². The molecule has 1 saturated carbocycles. The number of carbonyl (C=O) groups excluding carboxylic acids is 1. The summed E-state index contributed by atoms with van der Waals surface area (Å²) in [5, 5.41) is 9.74. The first-order chi connectivity index (χ1) is 9.52. The van der Waals surface area contributed by atoms with Gasteiger partial charge in [-0.05, 0) is 44.7 Å². The Labute approximate surface area is 118 Å². The lowest BCUT2D eigenvalue weighted by Gasteiger charge is -2.35. The van der Waals surface area contributed by atoms with Gasteiger partial charge in [0.2, 0.25) is 0 Å². The lowest BCUT2D eigenvalue weighted by molar-refractivity contribution is 0.0637. The van der Waals surface area contributed by atoms with Crippen LogP contribution >= 0.6 is 0 Å². The van der Waals surface area contributed by atoms with E-state index in [9.17, 15) is 14.3 Å². The van der Waals surface area contributed by atoms with Gasteiger partial charge in [-0.25, -0.2) is 4.39 Å². The Morgan fingerprint density at radius 1 is 1.40 bits per heavy atom. The number of nitrogens with two attached hydrogens (primary N) is 1. The van der Waals surface area contributed by atoms with Gasteiger partial charge in [-0.2, -0.15) is 0 Å². The van der Waals surface area contributed by atoms with E-state index in [1.807, 2.05) is 6.92 Å². The van der Waals surface area contributed by atoms with Crippen LogP contribution in [0.15, 0.2) is 18.2 Å². The van der Waals surface area contributed by atoms with Gasteiger partial charge in [-0.1, -0.05) is 0 Å². The number of benzene rings is 1. The Bertz CT molecular complexity index is 485. The van der Waals surface area contributed by atoms with Gasteiger partial charge in [0.05, 0.1) is 5.56 Å². The average molecular weight is 280 g/mol. The maximum Gasteiger partial charge on any atom is 0.257 e. The molecule has 4 nitrogen and oxygen atoms in total. The van der Waals surface area contributed by atoms with Crippen molar-refractivity contribution in [2.24, 2.45) is 5.73 Å². The van der Waals surface area contributed by atoms with E-state index in [-0.39, 0.29) is 29.3 Å². The molecule has 2 rings (SSSR count). The highest BCUT2D eigenvalue weighted by atomic mass is 19.1. The third kappa shape index (κ3) is 3.10. The van der Waals surface area contributed by atoms with Crippen molar-refractivity contribution in [3.05, 3.63) is 29.6 Å². The summed E-state index contributed by atoms with van der Waals surface area (Å²) in [6.45, 7) is 2.47. The van der Waals surface area contributed by atoms with Crippen molar-refractivity contribution in [2.45, 2.75) is 44.7 Å². The van der Waals surface area contributed by atoms with Crippen LogP contribution in [0.3, 0.4) is 0 Å². The predicted molar refractivity (Wildman–Crippen MR) is 75.0 cm³/mol. The summed E-state index contributed by atoms with van der Waals surface area (Å²) in [5.74, 6) is -1.10. The van der Waals surface area contributed by atoms with Crippen molar-refractivity contribution < 1.29 is 14.3 Å². The number of nitrogens with zero attached hydrogens (tertiary/aromatic N) is 1. The molecule has 0 aliphatic heterocycles. The third-order valence-electron chi connectivity index (χ3n) is 3.97. The van der Waals surface area contributed by atoms with Crippen LogP contribution in [-0.2, 0) is 0 Å². The minimum absolute atomic E-state index is 0.150. The Balaban J connectivity index is 2.16. The molecule has 0 bridgehead atoms. The molecule has 0 atom stereocenters. The van der Waals surface area contributed by atoms with Crippen LogP contribution in [0.1, 0.15) is 43.0 Å². The number of hydrogen-bond donors (Lipinski definition) is 2. The summed E-state index contributed by atoms with van der Waals surface area (Å²) in [6, 6.07) is 3.87. The Morgan fingerprint density at radius 3 is 2.60 bits per heavy atom. The molecule has 1 amide bonds. The molecular weight excluding hydrogens is 259 g/mol. The molecule has 0 spiro atoms. The van der Waals surface area contributed by atoms with E-state index in [1.165, 1.54) is 12.1 Å². The van der Waals surface area contributed by atoms with Gasteiger partial charge >= 0.3 is 0 Å². The van der Waals surface area contributed by atoms with Crippen LogP contribution in [0.4, 0.5) is 4.39 Å². The summed E-state index contributed by atoms with van der Waals surface area (Å²) in [5.41, 5.74) is 6.04. The van der Waals surface area contributed by atoms with Gasteiger partial charge in [0, 0.05) is 24.7 Å². The van der Waals surface area contributed by atoms with Gasteiger partial charge < -0.3 is 15.7 Å². The number of hydrogen-bond acceptors (Lipinski definition) is 3. The van der Waals surface area contributed by atoms with E-state index in [2.05, 4.69) is 0 Å². The molecule has 0 aromatic heterocycles. The average Bonchev–Trinajstić information content (AvgIpc) is 2.41. The maximum atomic E-state index is 13.0. The van der Waals surface area contributed by atoms with Crippen molar-refractivity contribution in [1.29, 1.82) is 0 Å². The lowest BCUT2D eigenvalue weighted by Crippen LogP contribution is -2.44. The Kier molecular flexibility index (Phi) is 4.60. The highest BCUT2D eigenvalue weighted by molar-refractivity contribution is 5.97. The number of phenols is 1. The number of phenolic OH excluding ortho intramolecular Hbond substituents is 1. The smallest absolute Gasteiger partial charge is 0.257 e. The zero-order valence-electron chi connectivity index (χ0n) is 11.7. The minimum atomic E-state index is -0.550. The number of aromatic hydroxyl groups is 1. The van der Waals surface area contributed by atoms with Crippen molar-refractivity contribution >= 4 is 5.91 Å². The fourth-order valence-electron chi connectivity index (χ4n) is 2.82. The molecule has 110 valence electrons. The molecule has 1 aromatic carbocycles. The van der Waals surface area contributed by atoms with Gasteiger partial charge in [0.15, 0.2) is 0 Å². The van der Waals surface area contributed by atoms with Gasteiger partial charge in [0.1, 0.15) is 11.6 Å². The van der Waals surface area contributed by atoms with Crippen LogP contribution in [0.2, 0.25) is 0 Å². The van der Waals surface area contributed by atoms with Gasteiger partial charge in [0.25, 0.3) is 5.91 Å². The monoisotopic (exact) mass is 280 g/mol. The summed E-state index contributed by atoms with van der Waals surface area (Å²) >= 11 is 0. The number of halogens is 1. The van der Waals surface area contributed by atoms with E-state index in [1.54, 1.807) is 4.90 Å². The van der Waals surface area contributed by atoms with Gasteiger partial charge in [-0.15, -0.1) is 0 Å². The molecule has 20 heavy (non-hydrogen) atoms. The zero-order chi connectivity index (χ0) is 14.7. The van der Waals surface area contributed by atoms with Crippen molar-refractivity contribution in [2.75, 3.05) is 6.54 Å². The molecule has 0 radical (unpaired) electrons. The van der Waals surface area contributed by atoms with E-state index < -0.39 is 5.82 Å². The molecule has 1 aliphatic rings. The molecule has 0 unspecified atom stereocenters. The third-order valence-corrected chi connectivity index (χ3v) is 3.97. The topological polar surface area (TPSA) is 66.6 Å². The second-order valence-electron chi connectivity index (χ2n) is 5.32. The van der Waals surface area contributed by atoms with E-state index >= 15 is 0 Å². The minimum Gasteiger partial charge on any atom is -0.507 e. The summed E-state index contributed by atoms with van der Waals surface area (Å²) in [6.07, 6.45) is 3.57. The quantitative estimate of drug-likeness (QED) is 0.892. The molecule has 1 fully saturated rings. The largest absolute Gasteiger partial charge is 0.507 e. The van der Waals surface area contributed by atoms with Crippen LogP contribution in [-0.4, -0.2) is 34.5 Å². The SMILES string of the molecule is CCN(C(=O)c1ccc(F)cc1O)C1CCC(N)CC1. The van der Waals surface area contributed by atoms with E-state index in [0.717, 1.165) is 31.7 Å². The second-order valence-corrected chi connectivity index (χ2v) is 5.32. The van der Waals surface area contributed by atoms with Crippen LogP contribution in [0, 0.1) is 5.82 Å². The first-order valence-electron chi connectivity index (χ1n) is 7.08. The van der Waals surface area contributed by atoms with E-state index in [4.69, 9.17) is 5.73 Å². The molecule has 0 saturated heterocycles. The first kappa shape index (κ1) is 14.8. The van der Waals surface area contributed by atoms with Crippen LogP contribution < -0.4 is 5.73 Å². The molecular formula is C15H21FN2O2. The second kappa shape index (κ2) is 6.22.